The third kappa shape index (κ3) is 4.47. The van der Waals surface area contributed by atoms with Crippen LogP contribution in [0, 0.1) is 5.82 Å². The van der Waals surface area contributed by atoms with Crippen molar-refractivity contribution in [3.05, 3.63) is 106 Å². The molecule has 0 aliphatic carbocycles. The molecule has 0 unspecified atom stereocenters. The second kappa shape index (κ2) is 9.42. The highest BCUT2D eigenvalue weighted by atomic mass is 19.1. The SMILES string of the molecule is O=C(CO)c1ccc(CNC(=O)c2ccc([C@]3(c4ccc(F)cc4)CCCO3)cc2)cc1. The predicted octanol–water partition coefficient (Wildman–Crippen LogP) is 3.98. The monoisotopic (exact) mass is 433 g/mol. The zero-order valence-corrected chi connectivity index (χ0v) is 17.5. The summed E-state index contributed by atoms with van der Waals surface area (Å²) < 4.78 is 19.5. The standard InChI is InChI=1S/C26H24FNO4/c27-23-12-10-22(11-13-23)26(14-1-15-32-26)21-8-6-20(7-9-21)25(31)28-16-18-2-4-19(5-3-18)24(30)17-29/h2-13,29H,1,14-17H2,(H,28,31)/t26-/m0/s1. The van der Waals surface area contributed by atoms with Gasteiger partial charge in [0.05, 0.1) is 0 Å². The zero-order valence-electron chi connectivity index (χ0n) is 17.5. The number of carbonyl (C=O) groups is 2. The van der Waals surface area contributed by atoms with E-state index in [0.717, 1.165) is 29.5 Å². The lowest BCUT2D eigenvalue weighted by atomic mass is 9.83. The van der Waals surface area contributed by atoms with Crippen LogP contribution in [-0.4, -0.2) is 30.0 Å². The molecule has 0 aromatic heterocycles. The highest BCUT2D eigenvalue weighted by Gasteiger charge is 2.38. The highest BCUT2D eigenvalue weighted by molar-refractivity contribution is 5.97. The van der Waals surface area contributed by atoms with E-state index < -0.39 is 12.2 Å². The van der Waals surface area contributed by atoms with Crippen molar-refractivity contribution < 1.29 is 23.8 Å². The summed E-state index contributed by atoms with van der Waals surface area (Å²) in [5, 5.41) is 11.8. The van der Waals surface area contributed by atoms with Gasteiger partial charge < -0.3 is 15.2 Å². The number of aliphatic hydroxyl groups excluding tert-OH is 1. The Hall–Kier alpha value is -3.35. The number of carbonyl (C=O) groups excluding carboxylic acids is 2. The van der Waals surface area contributed by atoms with Crippen LogP contribution in [0.2, 0.25) is 0 Å². The summed E-state index contributed by atoms with van der Waals surface area (Å²) in [6, 6.07) is 20.4. The van der Waals surface area contributed by atoms with Gasteiger partial charge in [-0.1, -0.05) is 48.5 Å². The fraction of sp³-hybridized carbons (Fsp3) is 0.231. The molecule has 6 heteroatoms. The van der Waals surface area contributed by atoms with Crippen LogP contribution < -0.4 is 5.32 Å². The Balaban J connectivity index is 1.45. The van der Waals surface area contributed by atoms with Crippen molar-refractivity contribution in [2.75, 3.05) is 13.2 Å². The Bertz CT molecular complexity index is 1090. The number of ketones is 1. The Morgan fingerprint density at radius 1 is 0.906 bits per heavy atom. The molecule has 5 nitrogen and oxygen atoms in total. The lowest BCUT2D eigenvalue weighted by molar-refractivity contribution is 0.0359. The molecule has 4 rings (SSSR count). The summed E-state index contributed by atoms with van der Waals surface area (Å²) in [5.41, 5.74) is 3.00. The fourth-order valence-corrected chi connectivity index (χ4v) is 4.06. The van der Waals surface area contributed by atoms with Gasteiger partial charge in [0.15, 0.2) is 5.78 Å². The number of halogens is 1. The molecular weight excluding hydrogens is 409 g/mol. The van der Waals surface area contributed by atoms with Crippen molar-refractivity contribution in [2.24, 2.45) is 0 Å². The van der Waals surface area contributed by atoms with E-state index in [4.69, 9.17) is 9.84 Å². The molecule has 1 saturated heterocycles. The molecule has 1 aliphatic heterocycles. The van der Waals surface area contributed by atoms with Crippen LogP contribution in [0.1, 0.15) is 50.2 Å². The smallest absolute Gasteiger partial charge is 0.251 e. The first kappa shape index (κ1) is 21.9. The molecule has 164 valence electrons. The Morgan fingerprint density at radius 3 is 2.06 bits per heavy atom. The number of nitrogens with one attached hydrogen (secondary N) is 1. The van der Waals surface area contributed by atoms with E-state index in [1.54, 1.807) is 48.5 Å². The number of benzene rings is 3. The molecule has 1 atom stereocenters. The van der Waals surface area contributed by atoms with Crippen LogP contribution >= 0.6 is 0 Å². The number of hydrogen-bond donors (Lipinski definition) is 2. The number of aliphatic hydroxyl groups is 1. The van der Waals surface area contributed by atoms with Gasteiger partial charge in [-0.05, 0) is 53.8 Å². The summed E-state index contributed by atoms with van der Waals surface area (Å²) in [6.07, 6.45) is 1.70. The van der Waals surface area contributed by atoms with Gasteiger partial charge >= 0.3 is 0 Å². The molecule has 0 radical (unpaired) electrons. The van der Waals surface area contributed by atoms with E-state index >= 15 is 0 Å². The number of amides is 1. The van der Waals surface area contributed by atoms with Gasteiger partial charge in [0, 0.05) is 24.3 Å². The van der Waals surface area contributed by atoms with Crippen molar-refractivity contribution in [2.45, 2.75) is 25.0 Å². The van der Waals surface area contributed by atoms with E-state index in [9.17, 15) is 14.0 Å². The molecule has 32 heavy (non-hydrogen) atoms. The quantitative estimate of drug-likeness (QED) is 0.553. The van der Waals surface area contributed by atoms with Crippen LogP contribution in [0.25, 0.3) is 0 Å². The average molecular weight is 433 g/mol. The first-order valence-electron chi connectivity index (χ1n) is 10.5. The lowest BCUT2D eigenvalue weighted by Gasteiger charge is -2.30. The minimum Gasteiger partial charge on any atom is -0.388 e. The van der Waals surface area contributed by atoms with Gasteiger partial charge in [-0.15, -0.1) is 0 Å². The molecule has 1 heterocycles. The van der Waals surface area contributed by atoms with Gasteiger partial charge in [-0.3, -0.25) is 9.59 Å². The van der Waals surface area contributed by atoms with E-state index in [-0.39, 0.29) is 17.5 Å². The van der Waals surface area contributed by atoms with E-state index in [1.807, 2.05) is 12.1 Å². The van der Waals surface area contributed by atoms with Gasteiger partial charge in [0.2, 0.25) is 0 Å². The van der Waals surface area contributed by atoms with Crippen LogP contribution in [0.3, 0.4) is 0 Å². The number of ether oxygens (including phenoxy) is 1. The molecule has 2 N–H and O–H groups in total. The second-order valence-corrected chi connectivity index (χ2v) is 7.82. The van der Waals surface area contributed by atoms with Gasteiger partial charge in [-0.25, -0.2) is 4.39 Å². The zero-order chi connectivity index (χ0) is 22.6. The van der Waals surface area contributed by atoms with E-state index in [0.29, 0.717) is 24.3 Å². The van der Waals surface area contributed by atoms with Gasteiger partial charge in [0.25, 0.3) is 5.91 Å². The minimum atomic E-state index is -0.629. The average Bonchev–Trinajstić information content (AvgIpc) is 3.34. The maximum absolute atomic E-state index is 13.4. The summed E-state index contributed by atoms with van der Waals surface area (Å²) in [6.45, 7) is 0.415. The van der Waals surface area contributed by atoms with Crippen molar-refractivity contribution in [3.63, 3.8) is 0 Å². The van der Waals surface area contributed by atoms with Crippen molar-refractivity contribution in [1.82, 2.24) is 5.32 Å². The van der Waals surface area contributed by atoms with Crippen LogP contribution in [0.4, 0.5) is 4.39 Å². The van der Waals surface area contributed by atoms with E-state index in [2.05, 4.69) is 5.32 Å². The molecule has 0 spiro atoms. The highest BCUT2D eigenvalue weighted by Crippen LogP contribution is 2.42. The number of rotatable bonds is 7. The fourth-order valence-electron chi connectivity index (χ4n) is 4.06. The summed E-state index contributed by atoms with van der Waals surface area (Å²) in [7, 11) is 0. The second-order valence-electron chi connectivity index (χ2n) is 7.82. The van der Waals surface area contributed by atoms with Crippen molar-refractivity contribution in [3.8, 4) is 0 Å². The molecule has 3 aromatic carbocycles. The maximum atomic E-state index is 13.4. The van der Waals surface area contributed by atoms with Crippen molar-refractivity contribution >= 4 is 11.7 Å². The summed E-state index contributed by atoms with van der Waals surface area (Å²) in [5.74, 6) is -0.843. The summed E-state index contributed by atoms with van der Waals surface area (Å²) >= 11 is 0. The van der Waals surface area contributed by atoms with Crippen LogP contribution in [0.5, 0.6) is 0 Å². The topological polar surface area (TPSA) is 75.6 Å². The molecule has 1 aliphatic rings. The van der Waals surface area contributed by atoms with Gasteiger partial charge in [-0.2, -0.15) is 0 Å². The first-order valence-corrected chi connectivity index (χ1v) is 10.5. The van der Waals surface area contributed by atoms with Gasteiger partial charge in [0.1, 0.15) is 18.0 Å². The minimum absolute atomic E-state index is 0.213. The Kier molecular flexibility index (Phi) is 6.44. The molecule has 1 amide bonds. The third-order valence-corrected chi connectivity index (χ3v) is 5.82. The molecule has 0 saturated carbocycles. The molecule has 0 bridgehead atoms. The normalized spacial score (nSPS) is 17.8. The van der Waals surface area contributed by atoms with Crippen LogP contribution in [-0.2, 0) is 16.9 Å². The Morgan fingerprint density at radius 2 is 1.50 bits per heavy atom. The summed E-state index contributed by atoms with van der Waals surface area (Å²) in [4.78, 5) is 24.1. The largest absolute Gasteiger partial charge is 0.388 e. The van der Waals surface area contributed by atoms with Crippen LogP contribution in [0.15, 0.2) is 72.8 Å². The maximum Gasteiger partial charge on any atom is 0.251 e. The van der Waals surface area contributed by atoms with Crippen molar-refractivity contribution in [1.29, 1.82) is 0 Å². The first-order chi connectivity index (χ1) is 15.5. The Labute approximate surface area is 185 Å². The number of hydrogen-bond acceptors (Lipinski definition) is 4. The predicted molar refractivity (Wildman–Crippen MR) is 118 cm³/mol. The third-order valence-electron chi connectivity index (χ3n) is 5.82. The lowest BCUT2D eigenvalue weighted by Crippen LogP contribution is -2.27. The molecular formula is C26H24FNO4. The van der Waals surface area contributed by atoms with E-state index in [1.165, 1.54) is 12.1 Å². The molecule has 3 aromatic rings. The number of Topliss-reactive ketones (excluding diaryl/α,β-unsaturated/α-hetero) is 1. The molecule has 1 fully saturated rings.